The fourth-order valence-corrected chi connectivity index (χ4v) is 4.02. The maximum Gasteiger partial charge on any atom is 0.283 e. The van der Waals surface area contributed by atoms with E-state index in [0.29, 0.717) is 22.0 Å². The fourth-order valence-electron chi connectivity index (χ4n) is 3.07. The van der Waals surface area contributed by atoms with Crippen LogP contribution >= 0.6 is 11.8 Å². The summed E-state index contributed by atoms with van der Waals surface area (Å²) in [6.45, 7) is 1.96. The van der Waals surface area contributed by atoms with Crippen LogP contribution in [0.1, 0.15) is 5.56 Å². The van der Waals surface area contributed by atoms with Crippen molar-refractivity contribution in [2.45, 2.75) is 11.8 Å². The van der Waals surface area contributed by atoms with Crippen molar-refractivity contribution in [1.29, 1.82) is 0 Å². The minimum atomic E-state index is -0.377. The molecule has 6 heteroatoms. The van der Waals surface area contributed by atoms with Gasteiger partial charge < -0.3 is 10.1 Å². The summed E-state index contributed by atoms with van der Waals surface area (Å²) in [7, 11) is 1.60. The molecule has 1 aliphatic heterocycles. The number of ether oxygens (including phenoxy) is 1. The van der Waals surface area contributed by atoms with Gasteiger partial charge in [0.15, 0.2) is 0 Å². The minimum Gasteiger partial charge on any atom is -0.497 e. The van der Waals surface area contributed by atoms with Gasteiger partial charge in [0.2, 0.25) is 0 Å². The van der Waals surface area contributed by atoms with Crippen LogP contribution in [0, 0.1) is 6.92 Å². The second-order valence-corrected chi connectivity index (χ2v) is 7.84. The van der Waals surface area contributed by atoms with Crippen LogP contribution in [-0.2, 0) is 9.59 Å². The van der Waals surface area contributed by atoms with Crippen molar-refractivity contribution in [3.63, 3.8) is 0 Å². The van der Waals surface area contributed by atoms with E-state index in [0.717, 1.165) is 10.5 Å². The number of carbonyl (C=O) groups is 2. The molecule has 2 amide bonds. The van der Waals surface area contributed by atoms with Gasteiger partial charge >= 0.3 is 0 Å². The van der Waals surface area contributed by atoms with Gasteiger partial charge in [-0.1, -0.05) is 47.7 Å². The number of nitrogens with one attached hydrogen (secondary N) is 1. The number of amides is 2. The standard InChI is InChI=1S/C24H20N2O3S/c1-16-8-12-18(13-9-16)26-23(27)21(25-17-10-14-19(29-2)15-11-17)22(24(26)28)30-20-6-4-3-5-7-20/h3-15,25H,1-2H3. The normalized spacial score (nSPS) is 13.7. The van der Waals surface area contributed by atoms with Gasteiger partial charge in [-0.3, -0.25) is 9.59 Å². The Morgan fingerprint density at radius 3 is 2.13 bits per heavy atom. The van der Waals surface area contributed by atoms with Crippen LogP contribution in [0.2, 0.25) is 0 Å². The molecule has 0 bridgehead atoms. The molecule has 0 unspecified atom stereocenters. The highest BCUT2D eigenvalue weighted by atomic mass is 32.2. The number of carbonyl (C=O) groups excluding carboxylic acids is 2. The molecule has 150 valence electrons. The topological polar surface area (TPSA) is 58.6 Å². The monoisotopic (exact) mass is 416 g/mol. The first-order valence-electron chi connectivity index (χ1n) is 9.40. The Morgan fingerprint density at radius 2 is 1.50 bits per heavy atom. The second kappa shape index (κ2) is 8.47. The van der Waals surface area contributed by atoms with E-state index in [2.05, 4.69) is 5.32 Å². The molecule has 0 saturated carbocycles. The highest BCUT2D eigenvalue weighted by Crippen LogP contribution is 2.37. The van der Waals surface area contributed by atoms with E-state index in [1.165, 1.54) is 16.7 Å². The summed E-state index contributed by atoms with van der Waals surface area (Å²) in [6, 6.07) is 24.1. The van der Waals surface area contributed by atoms with E-state index in [1.807, 2.05) is 61.5 Å². The number of methoxy groups -OCH3 is 1. The molecule has 3 aromatic carbocycles. The van der Waals surface area contributed by atoms with Gasteiger partial charge in [0, 0.05) is 10.6 Å². The van der Waals surface area contributed by atoms with E-state index in [4.69, 9.17) is 4.74 Å². The van der Waals surface area contributed by atoms with Crippen LogP contribution in [0.25, 0.3) is 0 Å². The number of aryl methyl sites for hydroxylation is 1. The number of benzene rings is 3. The van der Waals surface area contributed by atoms with Crippen molar-refractivity contribution in [1.82, 2.24) is 0 Å². The molecule has 1 aliphatic rings. The summed E-state index contributed by atoms with van der Waals surface area (Å²) in [6.07, 6.45) is 0. The predicted molar refractivity (Wildman–Crippen MR) is 120 cm³/mol. The van der Waals surface area contributed by atoms with Gasteiger partial charge in [-0.15, -0.1) is 0 Å². The van der Waals surface area contributed by atoms with E-state index >= 15 is 0 Å². The van der Waals surface area contributed by atoms with Gasteiger partial charge in [0.25, 0.3) is 11.8 Å². The van der Waals surface area contributed by atoms with Crippen molar-refractivity contribution in [3.05, 3.63) is 95.0 Å². The van der Waals surface area contributed by atoms with Gasteiger partial charge in [-0.25, -0.2) is 4.90 Å². The zero-order valence-corrected chi connectivity index (χ0v) is 17.4. The average Bonchev–Trinajstić information content (AvgIpc) is 3.00. The fraction of sp³-hybridized carbons (Fsp3) is 0.0833. The Bertz CT molecular complexity index is 1110. The average molecular weight is 417 g/mol. The molecule has 0 atom stereocenters. The van der Waals surface area contributed by atoms with Crippen molar-refractivity contribution in [3.8, 4) is 5.75 Å². The van der Waals surface area contributed by atoms with Crippen molar-refractivity contribution in [2.75, 3.05) is 17.3 Å². The van der Waals surface area contributed by atoms with Gasteiger partial charge in [0.05, 0.1) is 12.8 Å². The largest absolute Gasteiger partial charge is 0.497 e. The molecule has 0 spiro atoms. The lowest BCUT2D eigenvalue weighted by molar-refractivity contribution is -0.120. The lowest BCUT2D eigenvalue weighted by Crippen LogP contribution is -2.32. The van der Waals surface area contributed by atoms with Crippen molar-refractivity contribution < 1.29 is 14.3 Å². The molecule has 3 aromatic rings. The Balaban J connectivity index is 1.71. The van der Waals surface area contributed by atoms with Crippen LogP contribution in [0.5, 0.6) is 5.75 Å². The smallest absolute Gasteiger partial charge is 0.283 e. The van der Waals surface area contributed by atoms with E-state index in [9.17, 15) is 9.59 Å². The Morgan fingerprint density at radius 1 is 0.833 bits per heavy atom. The van der Waals surface area contributed by atoms with Crippen LogP contribution < -0.4 is 15.0 Å². The SMILES string of the molecule is COc1ccc(NC2=C(Sc3ccccc3)C(=O)N(c3ccc(C)cc3)C2=O)cc1. The summed E-state index contributed by atoms with van der Waals surface area (Å²) in [5, 5.41) is 3.15. The number of hydrogen-bond acceptors (Lipinski definition) is 5. The predicted octanol–water partition coefficient (Wildman–Crippen LogP) is 4.99. The first-order chi connectivity index (χ1) is 14.6. The van der Waals surface area contributed by atoms with Gasteiger partial charge in [-0.2, -0.15) is 0 Å². The van der Waals surface area contributed by atoms with E-state index < -0.39 is 0 Å². The third-order valence-corrected chi connectivity index (χ3v) is 5.75. The summed E-state index contributed by atoms with van der Waals surface area (Å²) < 4.78 is 5.19. The molecule has 0 aromatic heterocycles. The van der Waals surface area contributed by atoms with Crippen LogP contribution in [0.3, 0.4) is 0 Å². The zero-order chi connectivity index (χ0) is 21.1. The Kier molecular flexibility index (Phi) is 5.59. The first kappa shape index (κ1) is 19.8. The van der Waals surface area contributed by atoms with E-state index in [1.54, 1.807) is 31.4 Å². The molecule has 1 heterocycles. The molecule has 0 saturated heterocycles. The maximum atomic E-state index is 13.3. The van der Waals surface area contributed by atoms with Crippen LogP contribution in [0.15, 0.2) is 94.4 Å². The molecule has 4 rings (SSSR count). The molecule has 0 fully saturated rings. The van der Waals surface area contributed by atoms with Gasteiger partial charge in [0.1, 0.15) is 16.4 Å². The second-order valence-electron chi connectivity index (χ2n) is 6.75. The highest BCUT2D eigenvalue weighted by molar-refractivity contribution is 8.04. The molecule has 0 aliphatic carbocycles. The highest BCUT2D eigenvalue weighted by Gasteiger charge is 2.40. The molecule has 0 radical (unpaired) electrons. The third-order valence-electron chi connectivity index (χ3n) is 4.66. The lowest BCUT2D eigenvalue weighted by atomic mass is 10.2. The van der Waals surface area contributed by atoms with Crippen molar-refractivity contribution >= 4 is 35.0 Å². The first-order valence-corrected chi connectivity index (χ1v) is 10.2. The summed E-state index contributed by atoms with van der Waals surface area (Å²) >= 11 is 1.28. The number of anilines is 2. The number of rotatable bonds is 6. The Labute approximate surface area is 179 Å². The molecule has 30 heavy (non-hydrogen) atoms. The quantitative estimate of drug-likeness (QED) is 0.574. The third kappa shape index (κ3) is 3.95. The number of thioether (sulfide) groups is 1. The number of imide groups is 1. The van der Waals surface area contributed by atoms with Crippen LogP contribution in [0.4, 0.5) is 11.4 Å². The summed E-state index contributed by atoms with van der Waals surface area (Å²) in [4.78, 5) is 29.0. The molecular weight excluding hydrogens is 396 g/mol. The van der Waals surface area contributed by atoms with E-state index in [-0.39, 0.29) is 17.5 Å². The van der Waals surface area contributed by atoms with Gasteiger partial charge in [-0.05, 0) is 55.5 Å². The number of nitrogens with zero attached hydrogens (tertiary/aromatic N) is 1. The lowest BCUT2D eigenvalue weighted by Gasteiger charge is -2.15. The number of hydrogen-bond donors (Lipinski definition) is 1. The zero-order valence-electron chi connectivity index (χ0n) is 16.6. The van der Waals surface area contributed by atoms with Crippen molar-refractivity contribution in [2.24, 2.45) is 0 Å². The Hall–Kier alpha value is -3.51. The molecule has 5 nitrogen and oxygen atoms in total. The molecule has 1 N–H and O–H groups in total. The molecular formula is C24H20N2O3S. The van der Waals surface area contributed by atoms with Crippen LogP contribution in [-0.4, -0.2) is 18.9 Å². The minimum absolute atomic E-state index is 0.264. The summed E-state index contributed by atoms with van der Waals surface area (Å²) in [5.74, 6) is -0.00431. The maximum absolute atomic E-state index is 13.3. The summed E-state index contributed by atoms with van der Waals surface area (Å²) in [5.41, 5.74) is 2.57.